The lowest BCUT2D eigenvalue weighted by Gasteiger charge is -2.10. The number of amides is 1. The van der Waals surface area contributed by atoms with E-state index in [2.05, 4.69) is 25.8 Å². The molecular weight excluding hydrogens is 411 g/mol. The molecule has 5 aromatic rings. The predicted octanol–water partition coefficient (Wildman–Crippen LogP) is 4.38. The van der Waals surface area contributed by atoms with Gasteiger partial charge in [-0.15, -0.1) is 5.10 Å². The van der Waals surface area contributed by atoms with Crippen molar-refractivity contribution in [3.8, 4) is 28.5 Å². The summed E-state index contributed by atoms with van der Waals surface area (Å²) >= 11 is 0. The van der Waals surface area contributed by atoms with E-state index in [1.807, 2.05) is 30.3 Å². The average Bonchev–Trinajstić information content (AvgIpc) is 3.54. The van der Waals surface area contributed by atoms with E-state index >= 15 is 0 Å². The Kier molecular flexibility index (Phi) is 4.97. The fourth-order valence-electron chi connectivity index (χ4n) is 3.22. The van der Waals surface area contributed by atoms with Gasteiger partial charge in [0.2, 0.25) is 5.89 Å². The van der Waals surface area contributed by atoms with Crippen molar-refractivity contribution in [2.45, 2.75) is 0 Å². The van der Waals surface area contributed by atoms with Gasteiger partial charge < -0.3 is 9.73 Å². The molecular formula is C23H15FN6O2. The van der Waals surface area contributed by atoms with Crippen LogP contribution in [0, 0.1) is 5.82 Å². The van der Waals surface area contributed by atoms with E-state index in [1.54, 1.807) is 30.5 Å². The third-order valence-electron chi connectivity index (χ3n) is 4.78. The van der Waals surface area contributed by atoms with Gasteiger partial charge >= 0.3 is 0 Å². The van der Waals surface area contributed by atoms with Crippen LogP contribution in [0.25, 0.3) is 28.5 Å². The van der Waals surface area contributed by atoms with E-state index < -0.39 is 11.7 Å². The summed E-state index contributed by atoms with van der Waals surface area (Å²) in [5.74, 6) is -0.225. The lowest BCUT2D eigenvalue weighted by Crippen LogP contribution is -2.14. The zero-order valence-electron chi connectivity index (χ0n) is 16.5. The van der Waals surface area contributed by atoms with E-state index in [0.29, 0.717) is 22.6 Å². The molecule has 0 saturated heterocycles. The first-order chi connectivity index (χ1) is 15.7. The Morgan fingerprint density at radius 3 is 2.62 bits per heavy atom. The number of oxazole rings is 1. The number of hydrogen-bond donors (Lipinski definition) is 1. The van der Waals surface area contributed by atoms with E-state index in [4.69, 9.17) is 4.42 Å². The van der Waals surface area contributed by atoms with Crippen molar-refractivity contribution in [2.75, 3.05) is 5.32 Å². The maximum atomic E-state index is 14.4. The highest BCUT2D eigenvalue weighted by molar-refractivity contribution is 6.08. The molecule has 0 saturated carbocycles. The summed E-state index contributed by atoms with van der Waals surface area (Å²) in [5, 5.41) is 13.5. The van der Waals surface area contributed by atoms with Crippen molar-refractivity contribution in [2.24, 2.45) is 0 Å². The largest absolute Gasteiger partial charge is 0.436 e. The third-order valence-corrected chi connectivity index (χ3v) is 4.78. The van der Waals surface area contributed by atoms with Crippen LogP contribution in [0.4, 0.5) is 10.1 Å². The highest BCUT2D eigenvalue weighted by atomic mass is 19.1. The first-order valence-electron chi connectivity index (χ1n) is 9.64. The van der Waals surface area contributed by atoms with Crippen molar-refractivity contribution in [3.05, 3.63) is 96.7 Å². The Morgan fingerprint density at radius 1 is 1.00 bits per heavy atom. The van der Waals surface area contributed by atoms with Crippen LogP contribution >= 0.6 is 0 Å². The molecule has 9 heteroatoms. The molecule has 8 nitrogen and oxygen atoms in total. The van der Waals surface area contributed by atoms with Crippen molar-refractivity contribution < 1.29 is 13.6 Å². The van der Waals surface area contributed by atoms with E-state index in [0.717, 1.165) is 5.56 Å². The van der Waals surface area contributed by atoms with Gasteiger partial charge in [0.05, 0.1) is 23.1 Å². The molecule has 2 aromatic heterocycles. The molecule has 0 atom stereocenters. The highest BCUT2D eigenvalue weighted by Gasteiger charge is 2.18. The number of hydrogen-bond acceptors (Lipinski definition) is 6. The number of carbonyl (C=O) groups excluding carboxylic acids is 1. The topological polar surface area (TPSA) is 98.7 Å². The Morgan fingerprint density at radius 2 is 1.81 bits per heavy atom. The van der Waals surface area contributed by atoms with Gasteiger partial charge in [-0.2, -0.15) is 0 Å². The number of benzene rings is 3. The molecule has 0 aliphatic rings. The number of carbonyl (C=O) groups is 1. The summed E-state index contributed by atoms with van der Waals surface area (Å²) in [6.07, 6.45) is 2.98. The quantitative estimate of drug-likeness (QED) is 0.448. The first-order valence-corrected chi connectivity index (χ1v) is 9.64. The summed E-state index contributed by atoms with van der Waals surface area (Å²) in [6.45, 7) is 0. The van der Waals surface area contributed by atoms with Gasteiger partial charge in [-0.25, -0.2) is 14.1 Å². The molecule has 0 aliphatic heterocycles. The lowest BCUT2D eigenvalue weighted by molar-refractivity contribution is 0.102. The average molecular weight is 426 g/mol. The van der Waals surface area contributed by atoms with Crippen molar-refractivity contribution >= 4 is 11.6 Å². The van der Waals surface area contributed by atoms with Gasteiger partial charge in [-0.1, -0.05) is 42.5 Å². The summed E-state index contributed by atoms with van der Waals surface area (Å²) in [6, 6.07) is 20.6. The second-order valence-corrected chi connectivity index (χ2v) is 6.81. The maximum Gasteiger partial charge on any atom is 0.256 e. The Balaban J connectivity index is 1.45. The number of anilines is 1. The second kappa shape index (κ2) is 8.23. The molecule has 0 aliphatic carbocycles. The van der Waals surface area contributed by atoms with Crippen LogP contribution in [-0.2, 0) is 0 Å². The molecule has 32 heavy (non-hydrogen) atoms. The van der Waals surface area contributed by atoms with Gasteiger partial charge in [0, 0.05) is 11.1 Å². The van der Waals surface area contributed by atoms with Gasteiger partial charge in [-0.05, 0) is 40.8 Å². The van der Waals surface area contributed by atoms with E-state index in [1.165, 1.54) is 29.2 Å². The molecule has 0 unspecified atom stereocenters. The number of halogens is 1. The molecule has 0 radical (unpaired) electrons. The fraction of sp³-hybridized carbons (Fsp3) is 0. The van der Waals surface area contributed by atoms with Gasteiger partial charge in [0.15, 0.2) is 5.76 Å². The molecule has 2 heterocycles. The number of aromatic nitrogens is 5. The molecule has 0 spiro atoms. The zero-order valence-corrected chi connectivity index (χ0v) is 16.5. The molecule has 5 rings (SSSR count). The standard InChI is InChI=1S/C23H15FN6O2/c24-19-11-10-16(30-14-26-28-29-30)12-20(19)27-22(31)17-8-4-5-9-18(17)23-25-13-21(32-23)15-6-2-1-3-7-15/h1-14H,(H,27,31). The SMILES string of the molecule is O=C(Nc1cc(-n2cnnn2)ccc1F)c1ccccc1-c1ncc(-c2ccccc2)o1. The van der Waals surface area contributed by atoms with Gasteiger partial charge in [0.25, 0.3) is 5.91 Å². The van der Waals surface area contributed by atoms with Crippen LogP contribution in [0.1, 0.15) is 10.4 Å². The maximum absolute atomic E-state index is 14.4. The van der Waals surface area contributed by atoms with Gasteiger partial charge in [0.1, 0.15) is 12.1 Å². The molecule has 0 fully saturated rings. The zero-order chi connectivity index (χ0) is 21.9. The smallest absolute Gasteiger partial charge is 0.256 e. The van der Waals surface area contributed by atoms with Crippen LogP contribution in [0.15, 0.2) is 89.7 Å². The number of tetrazole rings is 1. The van der Waals surface area contributed by atoms with E-state index in [9.17, 15) is 9.18 Å². The predicted molar refractivity (Wildman–Crippen MR) is 114 cm³/mol. The van der Waals surface area contributed by atoms with Crippen molar-refractivity contribution in [3.63, 3.8) is 0 Å². The van der Waals surface area contributed by atoms with Crippen LogP contribution in [-0.4, -0.2) is 31.1 Å². The minimum atomic E-state index is -0.588. The second-order valence-electron chi connectivity index (χ2n) is 6.81. The summed E-state index contributed by atoms with van der Waals surface area (Å²) < 4.78 is 21.7. The minimum Gasteiger partial charge on any atom is -0.436 e. The first kappa shape index (κ1) is 19.3. The Hall–Kier alpha value is -4.66. The summed E-state index contributed by atoms with van der Waals surface area (Å²) in [4.78, 5) is 17.4. The number of nitrogens with zero attached hydrogens (tertiary/aromatic N) is 5. The monoisotopic (exact) mass is 426 g/mol. The molecule has 0 bridgehead atoms. The van der Waals surface area contributed by atoms with Crippen molar-refractivity contribution in [1.82, 2.24) is 25.2 Å². The normalized spacial score (nSPS) is 10.8. The van der Waals surface area contributed by atoms with E-state index in [-0.39, 0.29) is 11.6 Å². The summed E-state index contributed by atoms with van der Waals surface area (Å²) in [5.41, 5.74) is 2.15. The van der Waals surface area contributed by atoms with Crippen LogP contribution in [0.5, 0.6) is 0 Å². The molecule has 1 amide bonds. The minimum absolute atomic E-state index is 0.00446. The Bertz CT molecular complexity index is 1380. The van der Waals surface area contributed by atoms with Crippen LogP contribution < -0.4 is 5.32 Å². The molecule has 3 aromatic carbocycles. The highest BCUT2D eigenvalue weighted by Crippen LogP contribution is 2.29. The van der Waals surface area contributed by atoms with Gasteiger partial charge in [-0.3, -0.25) is 4.79 Å². The van der Waals surface area contributed by atoms with Crippen LogP contribution in [0.2, 0.25) is 0 Å². The third kappa shape index (κ3) is 3.74. The lowest BCUT2D eigenvalue weighted by atomic mass is 10.1. The number of rotatable bonds is 5. The Labute approximate surface area is 181 Å². The number of nitrogens with one attached hydrogen (secondary N) is 1. The summed E-state index contributed by atoms with van der Waals surface area (Å²) in [7, 11) is 0. The molecule has 156 valence electrons. The van der Waals surface area contributed by atoms with Crippen LogP contribution in [0.3, 0.4) is 0 Å². The molecule has 1 N–H and O–H groups in total. The fourth-order valence-corrected chi connectivity index (χ4v) is 3.22. The van der Waals surface area contributed by atoms with Crippen molar-refractivity contribution in [1.29, 1.82) is 0 Å².